The van der Waals surface area contributed by atoms with Crippen molar-refractivity contribution in [3.63, 3.8) is 0 Å². The minimum absolute atomic E-state index is 0.0677. The number of aromatic nitrogens is 1. The van der Waals surface area contributed by atoms with Crippen LogP contribution >= 0.6 is 0 Å². The van der Waals surface area contributed by atoms with Crippen molar-refractivity contribution >= 4 is 17.2 Å². The van der Waals surface area contributed by atoms with Gasteiger partial charge in [0.1, 0.15) is 5.82 Å². The first-order valence-electron chi connectivity index (χ1n) is 8.66. The van der Waals surface area contributed by atoms with Crippen LogP contribution in [0.15, 0.2) is 85.1 Å². The smallest absolute Gasteiger partial charge is 0.303 e. The van der Waals surface area contributed by atoms with Crippen LogP contribution in [-0.4, -0.2) is 17.1 Å². The molecule has 0 radical (unpaired) electrons. The number of benzene rings is 2. The van der Waals surface area contributed by atoms with Crippen molar-refractivity contribution in [1.82, 2.24) is 4.98 Å². The zero-order chi connectivity index (χ0) is 20.9. The predicted octanol–water partition coefficient (Wildman–Crippen LogP) is 5.40. The molecule has 0 aliphatic rings. The number of carbonyl (C=O) groups is 1. The van der Waals surface area contributed by atoms with Crippen LogP contribution in [0.1, 0.15) is 11.3 Å². The van der Waals surface area contributed by atoms with Crippen LogP contribution in [0, 0.1) is 5.82 Å². The van der Waals surface area contributed by atoms with Gasteiger partial charge in [-0.25, -0.2) is 4.39 Å². The number of halogens is 4. The Bertz CT molecular complexity index is 985. The summed E-state index contributed by atoms with van der Waals surface area (Å²) in [6, 6.07) is 17.1. The first-order chi connectivity index (χ1) is 13.8. The van der Waals surface area contributed by atoms with E-state index < -0.39 is 23.5 Å². The van der Waals surface area contributed by atoms with Gasteiger partial charge in [-0.15, -0.1) is 0 Å². The van der Waals surface area contributed by atoms with Crippen LogP contribution in [0.3, 0.4) is 0 Å². The number of carbonyl (C=O) groups excluding carboxylic acids is 1. The topological polar surface area (TPSA) is 33.2 Å². The van der Waals surface area contributed by atoms with Crippen LogP contribution in [0.4, 0.5) is 23.2 Å². The second-order valence-electron chi connectivity index (χ2n) is 6.14. The van der Waals surface area contributed by atoms with Crippen molar-refractivity contribution in [1.29, 1.82) is 0 Å². The van der Waals surface area contributed by atoms with Crippen LogP contribution in [0.2, 0.25) is 0 Å². The third-order valence-corrected chi connectivity index (χ3v) is 4.11. The van der Waals surface area contributed by atoms with Crippen LogP contribution in [0.5, 0.6) is 0 Å². The van der Waals surface area contributed by atoms with Crippen LogP contribution < -0.4 is 4.90 Å². The average molecular weight is 400 g/mol. The fourth-order valence-electron chi connectivity index (χ4n) is 2.72. The summed E-state index contributed by atoms with van der Waals surface area (Å²) < 4.78 is 54.1. The number of hydrogen-bond acceptors (Lipinski definition) is 2. The predicted molar refractivity (Wildman–Crippen MR) is 102 cm³/mol. The Morgan fingerprint density at radius 3 is 2.17 bits per heavy atom. The molecule has 1 amide bonds. The highest BCUT2D eigenvalue weighted by Gasteiger charge is 2.35. The SMILES string of the molecule is O=C(/C=C(/c1ccccc1)C(F)(F)F)N(Cc1ccccn1)c1ccc(F)cc1. The summed E-state index contributed by atoms with van der Waals surface area (Å²) in [6.07, 6.45) is -2.65. The molecule has 148 valence electrons. The summed E-state index contributed by atoms with van der Waals surface area (Å²) in [5, 5.41) is 0. The van der Waals surface area contributed by atoms with Crippen molar-refractivity contribution in [2.24, 2.45) is 0 Å². The lowest BCUT2D eigenvalue weighted by Crippen LogP contribution is -2.30. The van der Waals surface area contributed by atoms with E-state index in [0.717, 1.165) is 17.0 Å². The summed E-state index contributed by atoms with van der Waals surface area (Å²) in [5.74, 6) is -1.41. The van der Waals surface area contributed by atoms with E-state index in [4.69, 9.17) is 0 Å². The van der Waals surface area contributed by atoms with E-state index in [2.05, 4.69) is 4.98 Å². The molecule has 0 aliphatic carbocycles. The molecular weight excluding hydrogens is 384 g/mol. The van der Waals surface area contributed by atoms with Gasteiger partial charge in [0.25, 0.3) is 5.91 Å². The normalized spacial score (nSPS) is 11.9. The maximum absolute atomic E-state index is 13.6. The Morgan fingerprint density at radius 2 is 1.59 bits per heavy atom. The molecule has 1 heterocycles. The molecule has 0 fully saturated rings. The molecule has 0 saturated heterocycles. The minimum atomic E-state index is -4.73. The van der Waals surface area contributed by atoms with Gasteiger partial charge in [0.2, 0.25) is 0 Å². The zero-order valence-corrected chi connectivity index (χ0v) is 15.1. The minimum Gasteiger partial charge on any atom is -0.303 e. The summed E-state index contributed by atoms with van der Waals surface area (Å²) in [5.41, 5.74) is -0.443. The highest BCUT2D eigenvalue weighted by atomic mass is 19.4. The first-order valence-corrected chi connectivity index (χ1v) is 8.66. The molecule has 0 bridgehead atoms. The number of amides is 1. The van der Waals surface area contributed by atoms with Gasteiger partial charge in [-0.3, -0.25) is 9.78 Å². The van der Waals surface area contributed by atoms with Gasteiger partial charge in [-0.2, -0.15) is 13.2 Å². The molecule has 0 unspecified atom stereocenters. The van der Waals surface area contributed by atoms with E-state index in [0.29, 0.717) is 11.8 Å². The van der Waals surface area contributed by atoms with Gasteiger partial charge in [0.05, 0.1) is 17.8 Å². The Hall–Kier alpha value is -3.48. The van der Waals surface area contributed by atoms with Crippen LogP contribution in [0.25, 0.3) is 5.57 Å². The number of alkyl halides is 3. The van der Waals surface area contributed by atoms with E-state index in [1.807, 2.05) is 0 Å². The number of allylic oxidation sites excluding steroid dienone is 1. The van der Waals surface area contributed by atoms with Gasteiger partial charge < -0.3 is 4.90 Å². The third-order valence-electron chi connectivity index (χ3n) is 4.11. The highest BCUT2D eigenvalue weighted by Crippen LogP contribution is 2.34. The van der Waals surface area contributed by atoms with Crippen molar-refractivity contribution in [2.45, 2.75) is 12.7 Å². The Morgan fingerprint density at radius 1 is 0.931 bits per heavy atom. The van der Waals surface area contributed by atoms with E-state index in [9.17, 15) is 22.4 Å². The molecule has 0 aliphatic heterocycles. The second-order valence-corrected chi connectivity index (χ2v) is 6.14. The standard InChI is InChI=1S/C22H16F4N2O/c23-17-9-11-19(12-10-17)28(15-18-8-4-5-13-27-18)21(29)14-20(22(24,25)26)16-6-2-1-3-7-16/h1-14H,15H2/b20-14-. The van der Waals surface area contributed by atoms with E-state index in [1.54, 1.807) is 24.3 Å². The first kappa shape index (κ1) is 20.3. The van der Waals surface area contributed by atoms with Crippen LogP contribution in [-0.2, 0) is 11.3 Å². The Kier molecular flexibility index (Phi) is 6.07. The fraction of sp³-hybridized carbons (Fsp3) is 0.0909. The number of pyridine rings is 1. The maximum atomic E-state index is 13.6. The largest absolute Gasteiger partial charge is 0.417 e. The van der Waals surface area contributed by atoms with Gasteiger partial charge in [0, 0.05) is 18.0 Å². The molecule has 0 saturated carbocycles. The molecule has 29 heavy (non-hydrogen) atoms. The lowest BCUT2D eigenvalue weighted by Gasteiger charge is -2.22. The molecule has 0 spiro atoms. The third kappa shape index (κ3) is 5.28. The van der Waals surface area contributed by atoms with E-state index in [-0.39, 0.29) is 17.8 Å². The molecule has 2 aromatic carbocycles. The molecule has 3 rings (SSSR count). The van der Waals surface area contributed by atoms with Crippen molar-refractivity contribution in [2.75, 3.05) is 4.90 Å². The Labute approximate surface area is 164 Å². The summed E-state index contributed by atoms with van der Waals surface area (Å²) in [4.78, 5) is 18.1. The van der Waals surface area contributed by atoms with Gasteiger partial charge in [-0.1, -0.05) is 36.4 Å². The average Bonchev–Trinajstić information content (AvgIpc) is 2.71. The summed E-state index contributed by atoms with van der Waals surface area (Å²) >= 11 is 0. The fourth-order valence-corrected chi connectivity index (χ4v) is 2.72. The van der Waals surface area contributed by atoms with Crippen molar-refractivity contribution < 1.29 is 22.4 Å². The lowest BCUT2D eigenvalue weighted by molar-refractivity contribution is -0.114. The summed E-state index contributed by atoms with van der Waals surface area (Å²) in [7, 11) is 0. The maximum Gasteiger partial charge on any atom is 0.417 e. The Balaban J connectivity index is 2.02. The molecule has 0 atom stereocenters. The number of anilines is 1. The molecule has 1 aromatic heterocycles. The van der Waals surface area contributed by atoms with E-state index in [1.165, 1.54) is 42.6 Å². The number of nitrogens with zero attached hydrogens (tertiary/aromatic N) is 2. The van der Waals surface area contributed by atoms with Gasteiger partial charge in [0.15, 0.2) is 0 Å². The number of rotatable bonds is 5. The summed E-state index contributed by atoms with van der Waals surface area (Å²) in [6.45, 7) is -0.0677. The molecule has 7 heteroatoms. The second kappa shape index (κ2) is 8.68. The molecule has 3 aromatic rings. The molecule has 3 nitrogen and oxygen atoms in total. The van der Waals surface area contributed by atoms with Gasteiger partial charge >= 0.3 is 6.18 Å². The quantitative estimate of drug-likeness (QED) is 0.424. The van der Waals surface area contributed by atoms with Crippen molar-refractivity contribution in [3.05, 3.63) is 102 Å². The zero-order valence-electron chi connectivity index (χ0n) is 15.1. The lowest BCUT2D eigenvalue weighted by atomic mass is 10.0. The molecular formula is C22H16F4N2O. The van der Waals surface area contributed by atoms with E-state index >= 15 is 0 Å². The monoisotopic (exact) mass is 400 g/mol. The van der Waals surface area contributed by atoms with Crippen molar-refractivity contribution in [3.8, 4) is 0 Å². The highest BCUT2D eigenvalue weighted by molar-refractivity contribution is 6.06. The molecule has 0 N–H and O–H groups in total. The van der Waals surface area contributed by atoms with Gasteiger partial charge in [-0.05, 0) is 42.0 Å². The number of hydrogen-bond donors (Lipinski definition) is 0.